The van der Waals surface area contributed by atoms with Gasteiger partial charge >= 0.3 is 11.9 Å². The summed E-state index contributed by atoms with van der Waals surface area (Å²) in [7, 11) is 0. The minimum atomic E-state index is -0.669. The molecule has 1 aromatic carbocycles. The Morgan fingerprint density at radius 1 is 1.14 bits per heavy atom. The van der Waals surface area contributed by atoms with Gasteiger partial charge < -0.3 is 13.9 Å². The van der Waals surface area contributed by atoms with Gasteiger partial charge in [-0.1, -0.05) is 12.1 Å². The summed E-state index contributed by atoms with van der Waals surface area (Å²) in [6.07, 6.45) is 3.61. The summed E-state index contributed by atoms with van der Waals surface area (Å²) in [5.74, 6) is -1.08. The van der Waals surface area contributed by atoms with Crippen molar-refractivity contribution in [3.63, 3.8) is 0 Å². The van der Waals surface area contributed by atoms with Gasteiger partial charge in [-0.3, -0.25) is 20.4 Å². The highest BCUT2D eigenvalue weighted by Crippen LogP contribution is 2.27. The number of nitrogens with one attached hydrogen (secondary N) is 2. The van der Waals surface area contributed by atoms with Gasteiger partial charge in [0.15, 0.2) is 12.4 Å². The molecule has 1 fully saturated rings. The monoisotopic (exact) mass is 404 g/mol. The minimum Gasteiger partial charge on any atom is -0.459 e. The lowest BCUT2D eigenvalue weighted by atomic mass is 10.2. The first-order valence-electron chi connectivity index (χ1n) is 8.76. The van der Waals surface area contributed by atoms with Crippen LogP contribution in [0.15, 0.2) is 52.0 Å². The summed E-state index contributed by atoms with van der Waals surface area (Å²) in [5.41, 5.74) is 4.71. The topological polar surface area (TPSA) is 107 Å². The highest BCUT2D eigenvalue weighted by molar-refractivity contribution is 7.99. The second-order valence-electron chi connectivity index (χ2n) is 6.00. The second-order valence-corrected chi connectivity index (χ2v) is 7.06. The van der Waals surface area contributed by atoms with Crippen LogP contribution in [-0.4, -0.2) is 42.9 Å². The van der Waals surface area contributed by atoms with Crippen LogP contribution in [0.2, 0.25) is 0 Å². The second kappa shape index (κ2) is 9.95. The average molecular weight is 404 g/mol. The van der Waals surface area contributed by atoms with E-state index in [9.17, 15) is 14.4 Å². The number of thioether (sulfide) groups is 1. The third kappa shape index (κ3) is 5.61. The Hall–Kier alpha value is -2.78. The lowest BCUT2D eigenvalue weighted by Gasteiger charge is -2.12. The molecule has 28 heavy (non-hydrogen) atoms. The number of amides is 2. The molecular weight excluding hydrogens is 384 g/mol. The predicted octanol–water partition coefficient (Wildman–Crippen LogP) is 2.17. The Kier molecular flexibility index (Phi) is 7.10. The maximum absolute atomic E-state index is 12.3. The van der Waals surface area contributed by atoms with Crippen molar-refractivity contribution in [3.8, 4) is 0 Å². The van der Waals surface area contributed by atoms with Gasteiger partial charge in [-0.15, -0.1) is 11.8 Å². The molecule has 1 aliphatic heterocycles. The van der Waals surface area contributed by atoms with Gasteiger partial charge in [-0.2, -0.15) is 0 Å². The molecule has 1 saturated heterocycles. The van der Waals surface area contributed by atoms with Crippen molar-refractivity contribution in [3.05, 3.63) is 54.0 Å². The summed E-state index contributed by atoms with van der Waals surface area (Å²) in [6, 6.07) is 10.1. The van der Waals surface area contributed by atoms with Crippen molar-refractivity contribution in [2.45, 2.75) is 23.8 Å². The number of hydrazine groups is 1. The molecule has 1 aliphatic rings. The van der Waals surface area contributed by atoms with Gasteiger partial charge in [0.2, 0.25) is 0 Å². The van der Waals surface area contributed by atoms with Crippen molar-refractivity contribution in [2.24, 2.45) is 0 Å². The van der Waals surface area contributed by atoms with Crippen LogP contribution < -0.4 is 10.9 Å². The number of carbonyl (C=O) groups excluding carboxylic acids is 3. The fraction of sp³-hybridized carbons (Fsp3) is 0.316. The number of furan rings is 1. The summed E-state index contributed by atoms with van der Waals surface area (Å²) >= 11 is 1.53. The normalized spacial score (nSPS) is 15.8. The van der Waals surface area contributed by atoms with Crippen LogP contribution in [0, 0.1) is 0 Å². The molecule has 148 valence electrons. The highest BCUT2D eigenvalue weighted by atomic mass is 32.2. The lowest BCUT2D eigenvalue weighted by Crippen LogP contribution is -2.43. The largest absolute Gasteiger partial charge is 0.459 e. The first-order valence-corrected chi connectivity index (χ1v) is 9.75. The Bertz CT molecular complexity index is 818. The van der Waals surface area contributed by atoms with Gasteiger partial charge in [-0.05, 0) is 37.1 Å². The number of hydrogen-bond acceptors (Lipinski definition) is 7. The Balaban J connectivity index is 1.46. The third-order valence-electron chi connectivity index (χ3n) is 3.95. The predicted molar refractivity (Wildman–Crippen MR) is 101 cm³/mol. The molecule has 1 atom stereocenters. The van der Waals surface area contributed by atoms with Gasteiger partial charge in [0.1, 0.15) is 0 Å². The van der Waals surface area contributed by atoms with Crippen molar-refractivity contribution in [1.29, 1.82) is 0 Å². The molecule has 1 aromatic heterocycles. The summed E-state index contributed by atoms with van der Waals surface area (Å²) in [5, 5.41) is 0. The molecule has 8 nitrogen and oxygen atoms in total. The molecule has 2 amide bonds. The molecule has 0 radical (unpaired) electrons. The summed E-state index contributed by atoms with van der Waals surface area (Å²) in [6.45, 7) is 0.252. The zero-order chi connectivity index (χ0) is 19.8. The number of rotatable bonds is 7. The van der Waals surface area contributed by atoms with Crippen molar-refractivity contribution in [1.82, 2.24) is 10.9 Å². The lowest BCUT2D eigenvalue weighted by molar-refractivity contribution is -0.125. The maximum Gasteiger partial charge on any atom is 0.339 e. The first-order chi connectivity index (χ1) is 13.6. The summed E-state index contributed by atoms with van der Waals surface area (Å²) in [4.78, 5) is 36.6. The van der Waals surface area contributed by atoms with Crippen LogP contribution in [0.1, 0.15) is 33.8 Å². The van der Waals surface area contributed by atoms with E-state index in [2.05, 4.69) is 10.9 Å². The van der Waals surface area contributed by atoms with Crippen LogP contribution >= 0.6 is 11.8 Å². The van der Waals surface area contributed by atoms with Crippen LogP contribution in [0.4, 0.5) is 0 Å². The Morgan fingerprint density at radius 2 is 2.00 bits per heavy atom. The van der Waals surface area contributed by atoms with Crippen molar-refractivity contribution >= 4 is 29.5 Å². The number of esters is 1. The van der Waals surface area contributed by atoms with E-state index in [-0.39, 0.29) is 11.9 Å². The number of carbonyl (C=O) groups is 3. The van der Waals surface area contributed by atoms with E-state index >= 15 is 0 Å². The van der Waals surface area contributed by atoms with Gasteiger partial charge in [0, 0.05) is 17.3 Å². The molecule has 2 N–H and O–H groups in total. The number of ether oxygens (including phenoxy) is 2. The Morgan fingerprint density at radius 3 is 2.75 bits per heavy atom. The van der Waals surface area contributed by atoms with E-state index in [4.69, 9.17) is 13.9 Å². The van der Waals surface area contributed by atoms with Crippen LogP contribution in [0.25, 0.3) is 0 Å². The maximum atomic E-state index is 12.3. The molecule has 2 aromatic rings. The van der Waals surface area contributed by atoms with Crippen LogP contribution in [0.5, 0.6) is 0 Å². The standard InChI is InChI=1S/C19H20N2O6S/c22-17(20-21-18(23)15-7-4-10-26-15)11-27-19(24)14-6-1-2-8-16(14)28-12-13-5-3-9-25-13/h1-2,4,6-8,10,13H,3,5,9,11-12H2,(H,20,22)(H,21,23)/t13-/m0/s1. The fourth-order valence-electron chi connectivity index (χ4n) is 2.56. The van der Waals surface area contributed by atoms with Crippen LogP contribution in [0.3, 0.4) is 0 Å². The first kappa shape index (κ1) is 20.0. The zero-order valence-electron chi connectivity index (χ0n) is 15.0. The van der Waals surface area contributed by atoms with E-state index in [1.54, 1.807) is 18.2 Å². The van der Waals surface area contributed by atoms with E-state index in [0.29, 0.717) is 5.56 Å². The third-order valence-corrected chi connectivity index (χ3v) is 5.16. The molecule has 0 saturated carbocycles. The van der Waals surface area contributed by atoms with Crippen molar-refractivity contribution < 1.29 is 28.3 Å². The number of hydrogen-bond donors (Lipinski definition) is 2. The summed E-state index contributed by atoms with van der Waals surface area (Å²) < 4.78 is 15.5. The van der Waals surface area contributed by atoms with Gasteiger partial charge in [0.05, 0.1) is 17.9 Å². The van der Waals surface area contributed by atoms with Crippen LogP contribution in [-0.2, 0) is 14.3 Å². The Labute approximate surface area is 165 Å². The smallest absolute Gasteiger partial charge is 0.339 e. The molecule has 0 unspecified atom stereocenters. The zero-order valence-corrected chi connectivity index (χ0v) is 15.8. The van der Waals surface area contributed by atoms with Gasteiger partial charge in [0.25, 0.3) is 5.91 Å². The molecular formula is C19H20N2O6S. The molecule has 9 heteroatoms. The molecule has 2 heterocycles. The van der Waals surface area contributed by atoms with Crippen molar-refractivity contribution in [2.75, 3.05) is 19.0 Å². The molecule has 0 bridgehead atoms. The van der Waals surface area contributed by atoms with E-state index in [0.717, 1.165) is 30.1 Å². The average Bonchev–Trinajstić information content (AvgIpc) is 3.43. The molecule has 0 aliphatic carbocycles. The molecule has 3 rings (SSSR count). The highest BCUT2D eigenvalue weighted by Gasteiger charge is 2.19. The SMILES string of the molecule is O=C(COC(=O)c1ccccc1SC[C@@H]1CCCO1)NNC(=O)c1ccco1. The van der Waals surface area contributed by atoms with E-state index < -0.39 is 24.4 Å². The quantitative estimate of drug-likeness (QED) is 0.414. The number of benzene rings is 1. The minimum absolute atomic E-state index is 0.0505. The molecule has 0 spiro atoms. The van der Waals surface area contributed by atoms with Gasteiger partial charge in [-0.25, -0.2) is 4.79 Å². The van der Waals surface area contributed by atoms with E-state index in [1.165, 1.54) is 24.1 Å². The van der Waals surface area contributed by atoms with E-state index in [1.807, 2.05) is 12.1 Å². The fourth-order valence-corrected chi connectivity index (χ4v) is 3.67.